The van der Waals surface area contributed by atoms with Crippen LogP contribution >= 0.6 is 0 Å². The Morgan fingerprint density at radius 3 is 1.73 bits per heavy atom. The summed E-state index contributed by atoms with van der Waals surface area (Å²) in [7, 11) is -1.33. The van der Waals surface area contributed by atoms with Gasteiger partial charge >= 0.3 is 0 Å². The highest BCUT2D eigenvalue weighted by Gasteiger charge is 2.28. The van der Waals surface area contributed by atoms with Crippen molar-refractivity contribution >= 4 is 33.3 Å². The molecule has 2 N–H and O–H groups in total. The van der Waals surface area contributed by atoms with Crippen molar-refractivity contribution in [1.29, 1.82) is 0 Å². The Bertz CT molecular complexity index is 1430. The Morgan fingerprint density at radius 1 is 0.756 bits per heavy atom. The smallest absolute Gasteiger partial charge is 0.296 e. The highest BCUT2D eigenvalue weighted by molar-refractivity contribution is 7.86. The molecule has 3 atom stereocenters. The number of para-hydroxylation sites is 1. The van der Waals surface area contributed by atoms with Crippen molar-refractivity contribution in [1.82, 2.24) is 0 Å². The number of methoxy groups -OCH3 is 2. The Morgan fingerprint density at radius 2 is 1.27 bits per heavy atom. The number of ether oxygens (including phenoxy) is 2. The molecule has 3 aromatic carbocycles. The molecule has 0 bridgehead atoms. The van der Waals surface area contributed by atoms with Crippen LogP contribution in [0.1, 0.15) is 50.7 Å². The summed E-state index contributed by atoms with van der Waals surface area (Å²) in [5.41, 5.74) is 2.35. The number of carbonyl (C=O) groups excluding carboxylic acids is 3. The van der Waals surface area contributed by atoms with Gasteiger partial charge in [0.2, 0.25) is 5.91 Å². The number of halogens is 1. The fourth-order valence-electron chi connectivity index (χ4n) is 4.77. The summed E-state index contributed by atoms with van der Waals surface area (Å²) in [4.78, 5) is 35.2. The largest absolute Gasteiger partial charge is 0.381 e. The molecule has 0 aromatic heterocycles. The molecule has 0 fully saturated rings. The minimum Gasteiger partial charge on any atom is -0.381 e. The fourth-order valence-corrected chi connectivity index (χ4v) is 5.41. The van der Waals surface area contributed by atoms with Crippen molar-refractivity contribution < 1.29 is 41.5 Å². The third kappa shape index (κ3) is 14.7. The first-order valence-corrected chi connectivity index (χ1v) is 15.9. The number of nitrogens with one attached hydrogen (secondary N) is 1. The lowest BCUT2D eigenvalue weighted by Crippen LogP contribution is -2.33. The minimum absolute atomic E-state index is 0. The molecule has 246 valence electrons. The minimum atomic E-state index is -4.49. The lowest BCUT2D eigenvalue weighted by Gasteiger charge is -2.24. The van der Waals surface area contributed by atoms with Crippen LogP contribution in [0.25, 0.3) is 0 Å². The normalized spacial score (nSPS) is 12.8. The molecule has 9 nitrogen and oxygen atoms in total. The van der Waals surface area contributed by atoms with Gasteiger partial charge in [-0.25, -0.2) is 0 Å². The number of benzene rings is 3. The van der Waals surface area contributed by atoms with Gasteiger partial charge in [-0.15, -0.1) is 0 Å². The number of carbonyl (C=O) groups is 3. The van der Waals surface area contributed by atoms with E-state index in [1.54, 1.807) is 14.0 Å². The third-order valence-corrected chi connectivity index (χ3v) is 8.04. The number of anilines is 1. The molecular formula is C34H44FNO8S. The lowest BCUT2D eigenvalue weighted by atomic mass is 9.90. The quantitative estimate of drug-likeness (QED) is 0.184. The van der Waals surface area contributed by atoms with Gasteiger partial charge in [0, 0.05) is 27.1 Å². The van der Waals surface area contributed by atoms with Crippen LogP contribution in [0.2, 0.25) is 0 Å². The number of amides is 1. The first kappa shape index (κ1) is 39.3. The molecule has 0 heterocycles. The van der Waals surface area contributed by atoms with Crippen molar-refractivity contribution in [3.05, 3.63) is 96.1 Å². The van der Waals surface area contributed by atoms with E-state index in [-0.39, 0.29) is 34.5 Å². The highest BCUT2D eigenvalue weighted by atomic mass is 32.2. The molecule has 0 radical (unpaired) electrons. The zero-order chi connectivity index (χ0) is 32.5. The second kappa shape index (κ2) is 20.3. The van der Waals surface area contributed by atoms with Gasteiger partial charge in [-0.2, -0.15) is 8.42 Å². The molecule has 0 aliphatic rings. The van der Waals surface area contributed by atoms with Crippen LogP contribution in [-0.2, 0) is 46.8 Å². The molecule has 0 saturated heterocycles. The third-order valence-electron chi connectivity index (χ3n) is 7.12. The van der Waals surface area contributed by atoms with Gasteiger partial charge in [-0.3, -0.25) is 23.6 Å². The Hall–Kier alpha value is -3.77. The first-order chi connectivity index (χ1) is 20.9. The Kier molecular flexibility index (Phi) is 17.7. The summed E-state index contributed by atoms with van der Waals surface area (Å²) in [5.74, 6) is -1.22. The Balaban J connectivity index is 0.000000534. The van der Waals surface area contributed by atoms with Crippen molar-refractivity contribution in [2.75, 3.05) is 19.5 Å². The lowest BCUT2D eigenvalue weighted by molar-refractivity contribution is -0.130. The molecule has 0 spiro atoms. The number of aryl methyl sites for hydroxylation is 2. The second-order valence-corrected chi connectivity index (χ2v) is 11.9. The average Bonchev–Trinajstić information content (AvgIpc) is 2.99. The fraction of sp³-hybridized carbons (Fsp3) is 0.382. The number of hydrogen-bond donors (Lipinski definition) is 2. The van der Waals surface area contributed by atoms with Crippen LogP contribution in [-0.4, -0.2) is 56.9 Å². The molecule has 3 aromatic rings. The molecule has 3 rings (SSSR count). The highest BCUT2D eigenvalue weighted by Crippen LogP contribution is 2.23. The summed E-state index contributed by atoms with van der Waals surface area (Å²) in [6.07, 6.45) is 3.06. The van der Waals surface area contributed by atoms with Crippen LogP contribution in [0.15, 0.2) is 89.8 Å². The van der Waals surface area contributed by atoms with E-state index in [1.807, 2.05) is 48.5 Å². The van der Waals surface area contributed by atoms with E-state index in [4.69, 9.17) is 9.47 Å². The SMILES string of the molecule is COC(CCc1ccccc1)C(CC(=O)Nc1ccccc1S(=O)(=O)O)C(C)=O.COC(CCc1ccccc1)CC(C)=O.F. The van der Waals surface area contributed by atoms with E-state index < -0.39 is 32.9 Å². The predicted octanol–water partition coefficient (Wildman–Crippen LogP) is 5.88. The maximum atomic E-state index is 12.5. The van der Waals surface area contributed by atoms with Gasteiger partial charge in [0.15, 0.2) is 0 Å². The van der Waals surface area contributed by atoms with E-state index in [0.717, 1.165) is 18.4 Å². The van der Waals surface area contributed by atoms with Crippen molar-refractivity contribution in [3.8, 4) is 0 Å². The molecule has 0 saturated carbocycles. The predicted molar refractivity (Wildman–Crippen MR) is 173 cm³/mol. The molecule has 0 aliphatic carbocycles. The van der Waals surface area contributed by atoms with Gasteiger partial charge < -0.3 is 14.8 Å². The molecule has 11 heteroatoms. The standard InChI is InChI=1S/C21H25NO6S.C13H18O2.FH/c1-15(23)17(19(28-2)13-12-16-8-4-3-5-9-16)14-21(24)22-18-10-6-7-11-20(18)29(25,26)27;1-11(14)10-13(15-2)9-8-12-6-4-3-5-7-12;/h3-11,17,19H,12-14H2,1-2H3,(H,22,24)(H,25,26,27);3-7,13H,8-10H2,1-2H3;1H. The van der Waals surface area contributed by atoms with E-state index in [2.05, 4.69) is 17.4 Å². The van der Waals surface area contributed by atoms with E-state index in [9.17, 15) is 27.4 Å². The Labute approximate surface area is 265 Å². The number of rotatable bonds is 16. The van der Waals surface area contributed by atoms with E-state index >= 15 is 0 Å². The van der Waals surface area contributed by atoms with Crippen LogP contribution in [0.4, 0.5) is 10.4 Å². The molecule has 1 amide bonds. The summed E-state index contributed by atoms with van der Waals surface area (Å²) in [6.45, 7) is 3.01. The van der Waals surface area contributed by atoms with Gasteiger partial charge in [0.05, 0.1) is 23.8 Å². The van der Waals surface area contributed by atoms with Crippen molar-refractivity contribution in [2.24, 2.45) is 5.92 Å². The number of Topliss-reactive ketones (excluding diaryl/α,β-unsaturated/α-hetero) is 2. The average molecular weight is 646 g/mol. The van der Waals surface area contributed by atoms with E-state index in [0.29, 0.717) is 19.3 Å². The monoisotopic (exact) mass is 645 g/mol. The second-order valence-electron chi connectivity index (χ2n) is 10.5. The van der Waals surface area contributed by atoms with Crippen molar-refractivity contribution in [3.63, 3.8) is 0 Å². The maximum Gasteiger partial charge on any atom is 0.296 e. The summed E-state index contributed by atoms with van der Waals surface area (Å²) >= 11 is 0. The summed E-state index contributed by atoms with van der Waals surface area (Å²) in [5, 5.41) is 2.47. The van der Waals surface area contributed by atoms with Crippen LogP contribution < -0.4 is 5.32 Å². The van der Waals surface area contributed by atoms with Crippen LogP contribution in [0, 0.1) is 5.92 Å². The molecule has 45 heavy (non-hydrogen) atoms. The number of ketones is 2. The molecule has 3 unspecified atom stereocenters. The summed E-state index contributed by atoms with van der Waals surface area (Å²) < 4.78 is 43.0. The first-order valence-electron chi connectivity index (χ1n) is 14.4. The molecule has 0 aliphatic heterocycles. The van der Waals surface area contributed by atoms with Crippen LogP contribution in [0.3, 0.4) is 0 Å². The summed E-state index contributed by atoms with van der Waals surface area (Å²) in [6, 6.07) is 25.5. The van der Waals surface area contributed by atoms with Gasteiger partial charge in [-0.1, -0.05) is 72.8 Å². The van der Waals surface area contributed by atoms with Crippen LogP contribution in [0.5, 0.6) is 0 Å². The van der Waals surface area contributed by atoms with Gasteiger partial charge in [0.25, 0.3) is 10.1 Å². The zero-order valence-corrected chi connectivity index (χ0v) is 27.0. The topological polar surface area (TPSA) is 136 Å². The zero-order valence-electron chi connectivity index (χ0n) is 26.2. The van der Waals surface area contributed by atoms with Gasteiger partial charge in [0.1, 0.15) is 16.5 Å². The maximum absolute atomic E-state index is 12.5. The number of hydrogen-bond acceptors (Lipinski definition) is 7. The van der Waals surface area contributed by atoms with Gasteiger partial charge in [-0.05, 0) is 62.8 Å². The van der Waals surface area contributed by atoms with E-state index in [1.165, 1.54) is 43.9 Å². The molecular weight excluding hydrogens is 601 g/mol. The van der Waals surface area contributed by atoms with Crippen molar-refractivity contribution in [2.45, 2.75) is 69.5 Å².